The van der Waals surface area contributed by atoms with Crippen molar-refractivity contribution in [2.24, 2.45) is 10.7 Å². The van der Waals surface area contributed by atoms with Gasteiger partial charge >= 0.3 is 0 Å². The van der Waals surface area contributed by atoms with Gasteiger partial charge in [-0.1, -0.05) is 30.3 Å². The summed E-state index contributed by atoms with van der Waals surface area (Å²) in [5, 5.41) is 0.726. The summed E-state index contributed by atoms with van der Waals surface area (Å²) < 4.78 is 5.81. The molecular weight excluding hydrogens is 368 g/mol. The first-order valence-corrected chi connectivity index (χ1v) is 10.3. The summed E-state index contributed by atoms with van der Waals surface area (Å²) in [5.74, 6) is 0.432. The number of fused-ring (bicyclic) bond motifs is 1. The van der Waals surface area contributed by atoms with Crippen molar-refractivity contribution >= 4 is 28.5 Å². The molecule has 0 bridgehead atoms. The van der Waals surface area contributed by atoms with Crippen LogP contribution in [0.5, 0.6) is 5.75 Å². The lowest BCUT2D eigenvalue weighted by Gasteiger charge is -2.10. The summed E-state index contributed by atoms with van der Waals surface area (Å²) in [7, 11) is 0. The Morgan fingerprint density at radius 1 is 1.07 bits per heavy atom. The number of rotatable bonds is 6. The van der Waals surface area contributed by atoms with Crippen LogP contribution in [0, 0.1) is 0 Å². The van der Waals surface area contributed by atoms with Gasteiger partial charge in [-0.3, -0.25) is 4.79 Å². The van der Waals surface area contributed by atoms with Gasteiger partial charge in [0.15, 0.2) is 0 Å². The summed E-state index contributed by atoms with van der Waals surface area (Å²) in [6.45, 7) is 0.539. The van der Waals surface area contributed by atoms with Crippen LogP contribution in [-0.4, -0.2) is 12.1 Å². The van der Waals surface area contributed by atoms with Gasteiger partial charge in [0, 0.05) is 11.1 Å². The van der Waals surface area contributed by atoms with Crippen LogP contribution in [0.25, 0.3) is 0 Å². The van der Waals surface area contributed by atoms with Crippen molar-refractivity contribution in [2.75, 3.05) is 0 Å². The zero-order valence-electron chi connectivity index (χ0n) is 15.6. The molecule has 0 spiro atoms. The normalized spacial score (nSPS) is 13.4. The first-order chi connectivity index (χ1) is 13.7. The summed E-state index contributed by atoms with van der Waals surface area (Å²) in [6.07, 6.45) is 6.00. The molecule has 1 amide bonds. The number of nitrogens with two attached hydrogens (primary N) is 1. The van der Waals surface area contributed by atoms with Gasteiger partial charge in [-0.15, -0.1) is 11.3 Å². The minimum atomic E-state index is -0.379. The average Bonchev–Trinajstić information content (AvgIpc) is 3.11. The third-order valence-corrected chi connectivity index (χ3v) is 6.06. The third-order valence-electron chi connectivity index (χ3n) is 4.86. The molecule has 4 rings (SSSR count). The molecule has 0 radical (unpaired) electrons. The summed E-state index contributed by atoms with van der Waals surface area (Å²) in [4.78, 5) is 17.8. The van der Waals surface area contributed by atoms with Gasteiger partial charge in [0.05, 0.1) is 5.56 Å². The first kappa shape index (κ1) is 18.4. The van der Waals surface area contributed by atoms with E-state index in [2.05, 4.69) is 4.99 Å². The third kappa shape index (κ3) is 4.15. The molecule has 0 saturated heterocycles. The van der Waals surface area contributed by atoms with Crippen LogP contribution < -0.4 is 10.5 Å². The molecule has 1 aliphatic carbocycles. The Labute approximate surface area is 168 Å². The zero-order valence-corrected chi connectivity index (χ0v) is 16.4. The molecule has 0 atom stereocenters. The van der Waals surface area contributed by atoms with E-state index >= 15 is 0 Å². The molecule has 1 aromatic heterocycles. The molecule has 4 nitrogen and oxygen atoms in total. The second-order valence-corrected chi connectivity index (χ2v) is 7.94. The Balaban J connectivity index is 1.46. The molecule has 2 N–H and O–H groups in total. The van der Waals surface area contributed by atoms with E-state index in [0.29, 0.717) is 12.2 Å². The number of ether oxygens (including phenoxy) is 1. The highest BCUT2D eigenvalue weighted by molar-refractivity contribution is 7.16. The molecule has 0 fully saturated rings. The molecular formula is C23H22N2O2S. The van der Waals surface area contributed by atoms with Crippen molar-refractivity contribution in [1.29, 1.82) is 0 Å². The van der Waals surface area contributed by atoms with E-state index < -0.39 is 0 Å². The quantitative estimate of drug-likeness (QED) is 0.598. The van der Waals surface area contributed by atoms with Gasteiger partial charge in [-0.2, -0.15) is 0 Å². The van der Waals surface area contributed by atoms with Crippen LogP contribution >= 0.6 is 11.3 Å². The van der Waals surface area contributed by atoms with E-state index in [9.17, 15) is 4.79 Å². The lowest BCUT2D eigenvalue weighted by Crippen LogP contribution is -2.14. The Kier molecular flexibility index (Phi) is 5.53. The number of hydrogen-bond donors (Lipinski definition) is 1. The van der Waals surface area contributed by atoms with Crippen molar-refractivity contribution < 1.29 is 9.53 Å². The van der Waals surface area contributed by atoms with E-state index in [0.717, 1.165) is 46.7 Å². The van der Waals surface area contributed by atoms with Crippen molar-refractivity contribution in [3.63, 3.8) is 0 Å². The summed E-state index contributed by atoms with van der Waals surface area (Å²) >= 11 is 1.59. The minimum absolute atomic E-state index is 0.379. The molecule has 0 saturated carbocycles. The van der Waals surface area contributed by atoms with Gasteiger partial charge in [0.1, 0.15) is 17.4 Å². The molecule has 2 aromatic carbocycles. The fraction of sp³-hybridized carbons (Fsp3) is 0.217. The van der Waals surface area contributed by atoms with Gasteiger partial charge in [-0.05, 0) is 66.6 Å². The second-order valence-electron chi connectivity index (χ2n) is 6.86. The largest absolute Gasteiger partial charge is 0.489 e. The maximum Gasteiger partial charge on any atom is 0.252 e. The molecule has 0 aliphatic heterocycles. The molecule has 3 aromatic rings. The van der Waals surface area contributed by atoms with E-state index in [4.69, 9.17) is 10.5 Å². The van der Waals surface area contributed by atoms with E-state index in [-0.39, 0.29) is 5.91 Å². The highest BCUT2D eigenvalue weighted by Crippen LogP contribution is 2.39. The topological polar surface area (TPSA) is 64.7 Å². The van der Waals surface area contributed by atoms with Crippen molar-refractivity contribution in [1.82, 2.24) is 0 Å². The van der Waals surface area contributed by atoms with E-state index in [1.54, 1.807) is 17.6 Å². The summed E-state index contributed by atoms with van der Waals surface area (Å²) in [5.41, 5.74) is 9.44. The monoisotopic (exact) mass is 390 g/mol. The van der Waals surface area contributed by atoms with Crippen LogP contribution in [0.1, 0.15) is 44.8 Å². The molecule has 5 heteroatoms. The molecule has 142 valence electrons. The fourth-order valence-electron chi connectivity index (χ4n) is 3.42. The highest BCUT2D eigenvalue weighted by atomic mass is 32.1. The number of aryl methyl sites for hydroxylation is 1. The maximum atomic E-state index is 11.9. The van der Waals surface area contributed by atoms with Gasteiger partial charge in [0.2, 0.25) is 0 Å². The van der Waals surface area contributed by atoms with Crippen LogP contribution in [0.15, 0.2) is 59.6 Å². The van der Waals surface area contributed by atoms with Gasteiger partial charge < -0.3 is 10.5 Å². The molecule has 28 heavy (non-hydrogen) atoms. The number of carbonyl (C=O) groups excluding carboxylic acids is 1. The number of benzene rings is 2. The Hall–Kier alpha value is -2.92. The number of thiophene rings is 1. The number of hydrogen-bond acceptors (Lipinski definition) is 4. The number of nitrogens with zero attached hydrogens (tertiary/aromatic N) is 1. The predicted molar refractivity (Wildman–Crippen MR) is 114 cm³/mol. The lowest BCUT2D eigenvalue weighted by molar-refractivity contribution is 0.100. The van der Waals surface area contributed by atoms with Crippen LogP contribution in [-0.2, 0) is 19.4 Å². The number of amides is 1. The standard InChI is InChI=1S/C23H22N2O2S/c24-22(26)21-19-8-4-5-9-20(19)28-23(21)25-14-16-10-12-18(13-11-16)27-15-17-6-2-1-3-7-17/h1-3,6-7,10-14H,4-5,8-9,15H2,(H2,24,26)/b25-14+. The Bertz CT molecular complexity index is 991. The van der Waals surface area contributed by atoms with Crippen molar-refractivity contribution in [3.05, 3.63) is 81.7 Å². The van der Waals surface area contributed by atoms with Crippen molar-refractivity contribution in [3.8, 4) is 5.75 Å². The number of aliphatic imine (C=N–C) groups is 1. The number of primary amides is 1. The Morgan fingerprint density at radius 2 is 1.82 bits per heavy atom. The van der Waals surface area contributed by atoms with Crippen LogP contribution in [0.4, 0.5) is 5.00 Å². The molecule has 1 heterocycles. The van der Waals surface area contributed by atoms with Crippen LogP contribution in [0.3, 0.4) is 0 Å². The average molecular weight is 391 g/mol. The Morgan fingerprint density at radius 3 is 2.57 bits per heavy atom. The minimum Gasteiger partial charge on any atom is -0.489 e. The zero-order chi connectivity index (χ0) is 19.3. The summed E-state index contributed by atoms with van der Waals surface area (Å²) in [6, 6.07) is 17.9. The predicted octanol–water partition coefficient (Wildman–Crippen LogP) is 5.06. The van der Waals surface area contributed by atoms with Gasteiger partial charge in [0.25, 0.3) is 5.91 Å². The fourth-order valence-corrected chi connectivity index (χ4v) is 4.66. The maximum absolute atomic E-state index is 11.9. The number of carbonyl (C=O) groups is 1. The lowest BCUT2D eigenvalue weighted by atomic mass is 9.95. The first-order valence-electron chi connectivity index (χ1n) is 9.46. The molecule has 0 unspecified atom stereocenters. The SMILES string of the molecule is NC(=O)c1c(/N=C/c2ccc(OCc3ccccc3)cc2)sc2c1CCCC2. The second kappa shape index (κ2) is 8.40. The van der Waals surface area contributed by atoms with E-state index in [1.165, 1.54) is 11.3 Å². The molecule has 1 aliphatic rings. The smallest absolute Gasteiger partial charge is 0.252 e. The van der Waals surface area contributed by atoms with E-state index in [1.807, 2.05) is 54.6 Å². The van der Waals surface area contributed by atoms with Crippen molar-refractivity contribution in [2.45, 2.75) is 32.3 Å². The highest BCUT2D eigenvalue weighted by Gasteiger charge is 2.23. The van der Waals surface area contributed by atoms with Crippen LogP contribution in [0.2, 0.25) is 0 Å². The van der Waals surface area contributed by atoms with Gasteiger partial charge in [-0.25, -0.2) is 4.99 Å².